The average molecular weight is 295 g/mol. The summed E-state index contributed by atoms with van der Waals surface area (Å²) in [5.74, 6) is -1.45. The van der Waals surface area contributed by atoms with E-state index >= 15 is 0 Å². The number of nitrogens with one attached hydrogen (secondary N) is 2. The number of sulfonamides is 1. The molecule has 1 aromatic rings. The van der Waals surface area contributed by atoms with Gasteiger partial charge in [-0.1, -0.05) is 11.6 Å². The van der Waals surface area contributed by atoms with E-state index < -0.39 is 21.7 Å². The third-order valence-electron chi connectivity index (χ3n) is 1.93. The summed E-state index contributed by atoms with van der Waals surface area (Å²) >= 11 is 5.69. The molecule has 0 radical (unpaired) electrons. The Balaban J connectivity index is 3.22. The first-order valence-corrected chi connectivity index (χ1v) is 7.26. The standard InChI is InChI=1S/C10H12ClFN2O3S/c1-3-13-10(15)6-4-9(14-18(2,16)17)7(11)5-8(6)12/h4-5,14H,3H2,1-2H3,(H,13,15). The van der Waals surface area contributed by atoms with Crippen LogP contribution in [0.3, 0.4) is 0 Å². The minimum absolute atomic E-state index is 0.0400. The first-order chi connectivity index (χ1) is 8.24. The zero-order valence-electron chi connectivity index (χ0n) is 9.75. The van der Waals surface area contributed by atoms with E-state index in [0.717, 1.165) is 18.4 Å². The molecule has 0 heterocycles. The monoisotopic (exact) mass is 294 g/mol. The topological polar surface area (TPSA) is 75.3 Å². The van der Waals surface area contributed by atoms with Crippen molar-refractivity contribution in [3.8, 4) is 0 Å². The second kappa shape index (κ2) is 5.53. The van der Waals surface area contributed by atoms with Crippen molar-refractivity contribution in [1.29, 1.82) is 0 Å². The molecule has 5 nitrogen and oxygen atoms in total. The van der Waals surface area contributed by atoms with Gasteiger partial charge < -0.3 is 5.32 Å². The van der Waals surface area contributed by atoms with Crippen molar-refractivity contribution in [3.63, 3.8) is 0 Å². The van der Waals surface area contributed by atoms with Crippen molar-refractivity contribution in [2.24, 2.45) is 0 Å². The molecule has 0 saturated carbocycles. The molecule has 0 atom stereocenters. The van der Waals surface area contributed by atoms with Crippen molar-refractivity contribution >= 4 is 33.2 Å². The van der Waals surface area contributed by atoms with Crippen molar-refractivity contribution in [3.05, 3.63) is 28.5 Å². The maximum absolute atomic E-state index is 13.5. The van der Waals surface area contributed by atoms with Crippen LogP contribution in [0, 0.1) is 5.82 Å². The summed E-state index contributed by atoms with van der Waals surface area (Å²) in [6.45, 7) is 2.01. The van der Waals surface area contributed by atoms with E-state index in [0.29, 0.717) is 6.54 Å². The molecule has 0 aliphatic heterocycles. The van der Waals surface area contributed by atoms with E-state index in [2.05, 4.69) is 10.0 Å². The van der Waals surface area contributed by atoms with Crippen molar-refractivity contribution < 1.29 is 17.6 Å². The number of amides is 1. The molecule has 0 bridgehead atoms. The Morgan fingerprint density at radius 2 is 2.06 bits per heavy atom. The van der Waals surface area contributed by atoms with E-state index in [4.69, 9.17) is 11.6 Å². The molecule has 100 valence electrons. The lowest BCUT2D eigenvalue weighted by atomic mass is 10.1. The Morgan fingerprint density at radius 3 is 2.56 bits per heavy atom. The third kappa shape index (κ3) is 3.85. The molecule has 0 aromatic heterocycles. The van der Waals surface area contributed by atoms with Gasteiger partial charge in [-0.2, -0.15) is 0 Å². The minimum atomic E-state index is -3.56. The van der Waals surface area contributed by atoms with Crippen molar-refractivity contribution in [1.82, 2.24) is 5.32 Å². The fourth-order valence-electron chi connectivity index (χ4n) is 1.26. The molecule has 0 unspecified atom stereocenters. The van der Waals surface area contributed by atoms with Gasteiger partial charge in [0.2, 0.25) is 10.0 Å². The number of rotatable bonds is 4. The molecule has 1 amide bonds. The highest BCUT2D eigenvalue weighted by Crippen LogP contribution is 2.26. The number of anilines is 1. The zero-order chi connectivity index (χ0) is 13.9. The van der Waals surface area contributed by atoms with Crippen LogP contribution in [-0.2, 0) is 10.0 Å². The van der Waals surface area contributed by atoms with E-state index in [1.165, 1.54) is 0 Å². The summed E-state index contributed by atoms with van der Waals surface area (Å²) in [6, 6.07) is 1.95. The smallest absolute Gasteiger partial charge is 0.254 e. The predicted molar refractivity (Wildman–Crippen MR) is 67.9 cm³/mol. The lowest BCUT2D eigenvalue weighted by molar-refractivity contribution is 0.0952. The Morgan fingerprint density at radius 1 is 1.44 bits per heavy atom. The van der Waals surface area contributed by atoms with E-state index in [1.807, 2.05) is 0 Å². The fourth-order valence-corrected chi connectivity index (χ4v) is 2.08. The first kappa shape index (κ1) is 14.7. The second-order valence-corrected chi connectivity index (χ2v) is 5.70. The number of hydrogen-bond donors (Lipinski definition) is 2. The molecule has 0 fully saturated rings. The number of benzene rings is 1. The van der Waals surface area contributed by atoms with Gasteiger partial charge in [-0.05, 0) is 19.1 Å². The maximum atomic E-state index is 13.5. The lowest BCUT2D eigenvalue weighted by Crippen LogP contribution is -2.24. The van der Waals surface area contributed by atoms with Crippen LogP contribution in [0.25, 0.3) is 0 Å². The summed E-state index contributed by atoms with van der Waals surface area (Å²) in [7, 11) is -3.56. The van der Waals surface area contributed by atoms with Crippen LogP contribution in [-0.4, -0.2) is 27.1 Å². The van der Waals surface area contributed by atoms with Crippen LogP contribution >= 0.6 is 11.6 Å². The molecule has 0 saturated heterocycles. The molecule has 2 N–H and O–H groups in total. The number of carbonyl (C=O) groups is 1. The molecule has 1 rings (SSSR count). The highest BCUT2D eigenvalue weighted by molar-refractivity contribution is 7.92. The van der Waals surface area contributed by atoms with Crippen LogP contribution in [0.2, 0.25) is 5.02 Å². The highest BCUT2D eigenvalue weighted by atomic mass is 35.5. The minimum Gasteiger partial charge on any atom is -0.352 e. The van der Waals surface area contributed by atoms with Crippen LogP contribution in [0.15, 0.2) is 12.1 Å². The van der Waals surface area contributed by atoms with Crippen LogP contribution in [0.5, 0.6) is 0 Å². The quantitative estimate of drug-likeness (QED) is 0.885. The third-order valence-corrected chi connectivity index (χ3v) is 2.84. The molecular formula is C10H12ClFN2O3S. The zero-order valence-corrected chi connectivity index (χ0v) is 11.3. The van der Waals surface area contributed by atoms with E-state index in [1.54, 1.807) is 6.92 Å². The number of carbonyl (C=O) groups excluding carboxylic acids is 1. The molecular weight excluding hydrogens is 283 g/mol. The molecule has 18 heavy (non-hydrogen) atoms. The highest BCUT2D eigenvalue weighted by Gasteiger charge is 2.16. The van der Waals surface area contributed by atoms with Crippen molar-refractivity contribution in [2.45, 2.75) is 6.92 Å². The predicted octanol–water partition coefficient (Wildman–Crippen LogP) is 1.60. The van der Waals surface area contributed by atoms with Gasteiger partial charge in [-0.15, -0.1) is 0 Å². The van der Waals surface area contributed by atoms with E-state index in [9.17, 15) is 17.6 Å². The summed E-state index contributed by atoms with van der Waals surface area (Å²) in [5.41, 5.74) is -0.311. The second-order valence-electron chi connectivity index (χ2n) is 3.55. The van der Waals surface area contributed by atoms with Gasteiger partial charge in [-0.3, -0.25) is 9.52 Å². The Bertz CT molecular complexity index is 575. The van der Waals surface area contributed by atoms with Gasteiger partial charge in [0.05, 0.1) is 22.5 Å². The van der Waals surface area contributed by atoms with Crippen LogP contribution < -0.4 is 10.0 Å². The normalized spacial score (nSPS) is 11.1. The Labute approximate surface area is 109 Å². The first-order valence-electron chi connectivity index (χ1n) is 4.99. The van der Waals surface area contributed by atoms with E-state index in [-0.39, 0.29) is 16.3 Å². The van der Waals surface area contributed by atoms with Gasteiger partial charge in [-0.25, -0.2) is 12.8 Å². The SMILES string of the molecule is CCNC(=O)c1cc(NS(C)(=O)=O)c(Cl)cc1F. The molecule has 1 aromatic carbocycles. The molecule has 0 spiro atoms. The van der Waals surface area contributed by atoms with Crippen molar-refractivity contribution in [2.75, 3.05) is 17.5 Å². The molecule has 0 aliphatic carbocycles. The Kier molecular flexibility index (Phi) is 4.53. The fraction of sp³-hybridized carbons (Fsp3) is 0.300. The van der Waals surface area contributed by atoms with Gasteiger partial charge in [0.15, 0.2) is 0 Å². The van der Waals surface area contributed by atoms with Gasteiger partial charge in [0, 0.05) is 6.54 Å². The average Bonchev–Trinajstić information content (AvgIpc) is 2.20. The summed E-state index contributed by atoms with van der Waals surface area (Å²) in [5, 5.41) is 2.29. The van der Waals surface area contributed by atoms with Gasteiger partial charge in [0.25, 0.3) is 5.91 Å². The number of hydrogen-bond acceptors (Lipinski definition) is 3. The number of halogens is 2. The summed E-state index contributed by atoms with van der Waals surface area (Å²) in [4.78, 5) is 11.5. The van der Waals surface area contributed by atoms with Crippen LogP contribution in [0.4, 0.5) is 10.1 Å². The summed E-state index contributed by atoms with van der Waals surface area (Å²) < 4.78 is 37.8. The van der Waals surface area contributed by atoms with Crippen LogP contribution in [0.1, 0.15) is 17.3 Å². The van der Waals surface area contributed by atoms with Gasteiger partial charge >= 0.3 is 0 Å². The lowest BCUT2D eigenvalue weighted by Gasteiger charge is -2.10. The molecule has 0 aliphatic rings. The molecule has 8 heteroatoms. The largest absolute Gasteiger partial charge is 0.352 e. The maximum Gasteiger partial charge on any atom is 0.254 e. The summed E-state index contributed by atoms with van der Waals surface area (Å²) in [6.07, 6.45) is 0.929. The Hall–Kier alpha value is -1.34. The van der Waals surface area contributed by atoms with Gasteiger partial charge in [0.1, 0.15) is 5.82 Å².